The van der Waals surface area contributed by atoms with E-state index in [9.17, 15) is 0 Å². The second kappa shape index (κ2) is 11.7. The van der Waals surface area contributed by atoms with E-state index >= 15 is 0 Å². The normalized spacial score (nSPS) is 12.7. The largest absolute Gasteiger partial charge is 0.380 e. The van der Waals surface area contributed by atoms with Crippen molar-refractivity contribution >= 4 is 29.9 Å². The van der Waals surface area contributed by atoms with Gasteiger partial charge in [-0.15, -0.1) is 24.0 Å². The summed E-state index contributed by atoms with van der Waals surface area (Å²) in [5.74, 6) is 0.842. The molecule has 1 unspecified atom stereocenters. The number of halogens is 1. The third-order valence-electron chi connectivity index (χ3n) is 3.61. The first kappa shape index (κ1) is 22.2. The topological polar surface area (TPSA) is 63.5 Å². The minimum atomic E-state index is 0. The molecule has 0 radical (unpaired) electrons. The van der Waals surface area contributed by atoms with Crippen LogP contribution in [0.3, 0.4) is 0 Å². The molecule has 0 saturated carbocycles. The minimum absolute atomic E-state index is 0. The van der Waals surface area contributed by atoms with Crippen molar-refractivity contribution in [1.82, 2.24) is 20.4 Å². The second-order valence-corrected chi connectivity index (χ2v) is 5.48. The molecular formula is C16H32IN5O. The molecule has 0 spiro atoms. The van der Waals surface area contributed by atoms with E-state index in [1.807, 2.05) is 18.7 Å². The van der Waals surface area contributed by atoms with Gasteiger partial charge in [0.2, 0.25) is 0 Å². The lowest BCUT2D eigenvalue weighted by atomic mass is 10.1. The Morgan fingerprint density at radius 1 is 1.35 bits per heavy atom. The van der Waals surface area contributed by atoms with Crippen molar-refractivity contribution in [1.29, 1.82) is 0 Å². The molecule has 1 rings (SSSR count). The molecule has 134 valence electrons. The molecule has 0 saturated heterocycles. The fraction of sp³-hybridized carbons (Fsp3) is 0.750. The van der Waals surface area contributed by atoms with Crippen LogP contribution in [0.4, 0.5) is 0 Å². The zero-order chi connectivity index (χ0) is 16.5. The van der Waals surface area contributed by atoms with Crippen molar-refractivity contribution in [2.24, 2.45) is 12.0 Å². The van der Waals surface area contributed by atoms with Crippen molar-refractivity contribution in [2.75, 3.05) is 26.3 Å². The molecule has 0 aromatic carbocycles. The van der Waals surface area contributed by atoms with E-state index in [0.717, 1.165) is 31.2 Å². The number of aliphatic imine (C=N–C) groups is 1. The Labute approximate surface area is 157 Å². The number of nitrogens with zero attached hydrogens (tertiary/aromatic N) is 3. The van der Waals surface area contributed by atoms with Crippen molar-refractivity contribution in [2.45, 2.75) is 47.1 Å². The van der Waals surface area contributed by atoms with E-state index in [-0.39, 0.29) is 30.0 Å². The quantitative estimate of drug-likeness (QED) is 0.283. The van der Waals surface area contributed by atoms with Gasteiger partial charge in [-0.2, -0.15) is 5.10 Å². The van der Waals surface area contributed by atoms with Gasteiger partial charge >= 0.3 is 0 Å². The summed E-state index contributed by atoms with van der Waals surface area (Å²) >= 11 is 0. The number of nitrogens with one attached hydrogen (secondary N) is 2. The molecule has 0 bridgehead atoms. The third kappa shape index (κ3) is 7.52. The van der Waals surface area contributed by atoms with Crippen LogP contribution in [-0.4, -0.2) is 48.1 Å². The summed E-state index contributed by atoms with van der Waals surface area (Å²) < 4.78 is 7.27. The SMILES string of the molecule is CCNC(=NCCOCC)NC(C)Cc1c(C)nn(C)c1C.I. The van der Waals surface area contributed by atoms with Gasteiger partial charge in [-0.05, 0) is 46.6 Å². The van der Waals surface area contributed by atoms with Gasteiger partial charge in [-0.1, -0.05) is 0 Å². The van der Waals surface area contributed by atoms with Gasteiger partial charge in [0.15, 0.2) is 5.96 Å². The first-order chi connectivity index (χ1) is 10.5. The van der Waals surface area contributed by atoms with E-state index < -0.39 is 0 Å². The van der Waals surface area contributed by atoms with Crippen LogP contribution in [0.25, 0.3) is 0 Å². The van der Waals surface area contributed by atoms with E-state index in [2.05, 4.69) is 48.4 Å². The fourth-order valence-electron chi connectivity index (χ4n) is 2.39. The van der Waals surface area contributed by atoms with E-state index in [1.54, 1.807) is 0 Å². The van der Waals surface area contributed by atoms with Crippen LogP contribution in [0, 0.1) is 13.8 Å². The monoisotopic (exact) mass is 437 g/mol. The summed E-state index contributed by atoms with van der Waals surface area (Å²) in [6, 6.07) is 0.284. The molecule has 23 heavy (non-hydrogen) atoms. The number of aryl methyl sites for hydroxylation is 2. The Bertz CT molecular complexity index is 487. The molecule has 0 aliphatic rings. The predicted octanol–water partition coefficient (Wildman–Crippen LogP) is 2.18. The molecule has 0 amide bonds. The second-order valence-electron chi connectivity index (χ2n) is 5.48. The van der Waals surface area contributed by atoms with Crippen LogP contribution in [0.1, 0.15) is 37.7 Å². The average molecular weight is 437 g/mol. The Kier molecular flexibility index (Phi) is 11.2. The first-order valence-electron chi connectivity index (χ1n) is 8.11. The average Bonchev–Trinajstić information content (AvgIpc) is 2.70. The molecule has 1 aromatic heterocycles. The van der Waals surface area contributed by atoms with Crippen LogP contribution in [-0.2, 0) is 18.2 Å². The number of hydrogen-bond acceptors (Lipinski definition) is 3. The summed E-state index contributed by atoms with van der Waals surface area (Å²) in [5, 5.41) is 11.2. The molecule has 1 atom stereocenters. The van der Waals surface area contributed by atoms with Gasteiger partial charge in [0.05, 0.1) is 18.8 Å². The molecule has 6 nitrogen and oxygen atoms in total. The molecule has 0 aliphatic carbocycles. The smallest absolute Gasteiger partial charge is 0.191 e. The number of ether oxygens (including phenoxy) is 1. The molecule has 7 heteroatoms. The van der Waals surface area contributed by atoms with E-state index in [0.29, 0.717) is 13.2 Å². The maximum absolute atomic E-state index is 5.32. The number of rotatable bonds is 8. The highest BCUT2D eigenvalue weighted by atomic mass is 127. The van der Waals surface area contributed by atoms with Crippen molar-refractivity contribution in [3.8, 4) is 0 Å². The summed E-state index contributed by atoms with van der Waals surface area (Å²) in [4.78, 5) is 4.53. The lowest BCUT2D eigenvalue weighted by molar-refractivity contribution is 0.155. The Morgan fingerprint density at radius 2 is 2.04 bits per heavy atom. The Hall–Kier alpha value is -0.830. The van der Waals surface area contributed by atoms with Crippen LogP contribution in [0.5, 0.6) is 0 Å². The van der Waals surface area contributed by atoms with Crippen LogP contribution < -0.4 is 10.6 Å². The zero-order valence-corrected chi connectivity index (χ0v) is 17.6. The van der Waals surface area contributed by atoms with Crippen LogP contribution in [0.2, 0.25) is 0 Å². The first-order valence-corrected chi connectivity index (χ1v) is 8.11. The standard InChI is InChI=1S/C16H31N5O.HI/c1-7-17-16(18-9-10-22-8-2)19-12(3)11-15-13(4)20-21(6)14(15)5;/h12H,7-11H2,1-6H3,(H2,17,18,19);1H. The lowest BCUT2D eigenvalue weighted by Crippen LogP contribution is -2.43. The van der Waals surface area contributed by atoms with Gasteiger partial charge in [0.1, 0.15) is 0 Å². The highest BCUT2D eigenvalue weighted by Crippen LogP contribution is 2.14. The number of guanidine groups is 1. The van der Waals surface area contributed by atoms with Crippen molar-refractivity contribution < 1.29 is 4.74 Å². The van der Waals surface area contributed by atoms with Crippen LogP contribution >= 0.6 is 24.0 Å². The molecular weight excluding hydrogens is 405 g/mol. The summed E-state index contributed by atoms with van der Waals surface area (Å²) in [5.41, 5.74) is 3.64. The van der Waals surface area contributed by atoms with E-state index in [4.69, 9.17) is 4.74 Å². The fourth-order valence-corrected chi connectivity index (χ4v) is 2.39. The minimum Gasteiger partial charge on any atom is -0.380 e. The van der Waals surface area contributed by atoms with E-state index in [1.165, 1.54) is 11.3 Å². The molecule has 0 aliphatic heterocycles. The van der Waals surface area contributed by atoms with Crippen LogP contribution in [0.15, 0.2) is 4.99 Å². The number of hydrogen-bond donors (Lipinski definition) is 2. The van der Waals surface area contributed by atoms with Crippen molar-refractivity contribution in [3.05, 3.63) is 17.0 Å². The zero-order valence-electron chi connectivity index (χ0n) is 15.3. The molecule has 1 heterocycles. The molecule has 1 aromatic rings. The Morgan fingerprint density at radius 3 is 2.57 bits per heavy atom. The highest BCUT2D eigenvalue weighted by molar-refractivity contribution is 14.0. The summed E-state index contributed by atoms with van der Waals surface area (Å²) in [6.45, 7) is 13.3. The highest BCUT2D eigenvalue weighted by Gasteiger charge is 2.13. The van der Waals surface area contributed by atoms with Gasteiger partial charge in [0, 0.05) is 31.9 Å². The maximum Gasteiger partial charge on any atom is 0.191 e. The molecule has 0 fully saturated rings. The maximum atomic E-state index is 5.32. The number of aromatic nitrogens is 2. The Balaban J connectivity index is 0.00000484. The van der Waals surface area contributed by atoms with Gasteiger partial charge < -0.3 is 15.4 Å². The lowest BCUT2D eigenvalue weighted by Gasteiger charge is -2.18. The third-order valence-corrected chi connectivity index (χ3v) is 3.61. The van der Waals surface area contributed by atoms with Gasteiger partial charge in [0.25, 0.3) is 0 Å². The summed E-state index contributed by atoms with van der Waals surface area (Å²) in [7, 11) is 1.99. The van der Waals surface area contributed by atoms with Gasteiger partial charge in [-0.3, -0.25) is 9.67 Å². The van der Waals surface area contributed by atoms with Gasteiger partial charge in [-0.25, -0.2) is 0 Å². The predicted molar refractivity (Wildman–Crippen MR) is 107 cm³/mol. The molecule has 2 N–H and O–H groups in total. The summed E-state index contributed by atoms with van der Waals surface area (Å²) in [6.07, 6.45) is 0.932. The van der Waals surface area contributed by atoms with Crippen molar-refractivity contribution in [3.63, 3.8) is 0 Å².